The van der Waals surface area contributed by atoms with Crippen LogP contribution in [-0.2, 0) is 6.54 Å². The van der Waals surface area contributed by atoms with Gasteiger partial charge in [0, 0.05) is 23.3 Å². The first-order chi connectivity index (χ1) is 16.1. The van der Waals surface area contributed by atoms with Gasteiger partial charge in [-0.25, -0.2) is 9.07 Å². The molecule has 2 aromatic carbocycles. The highest BCUT2D eigenvalue weighted by Crippen LogP contribution is 2.31. The zero-order valence-electron chi connectivity index (χ0n) is 17.4. The van der Waals surface area contributed by atoms with Crippen LogP contribution in [-0.4, -0.2) is 40.0 Å². The molecule has 4 aromatic heterocycles. The van der Waals surface area contributed by atoms with E-state index in [1.54, 1.807) is 34.9 Å². The molecular weight excluding hydrogens is 443 g/mol. The minimum atomic E-state index is -0.360. The number of nitrogens with one attached hydrogen (secondary N) is 1. The minimum absolute atomic E-state index is 0.193. The highest BCUT2D eigenvalue weighted by atomic mass is 35.5. The average Bonchev–Trinajstić information content (AvgIpc) is 3.54. The number of fused-ring (bicyclic) bond motifs is 2. The van der Waals surface area contributed by atoms with Crippen molar-refractivity contribution in [2.45, 2.75) is 13.5 Å². The number of nitrogens with zero attached hydrogens (tertiary/aromatic N) is 7. The molecule has 0 unspecified atom stereocenters. The number of hydrogen-bond acceptors (Lipinski definition) is 5. The van der Waals surface area contributed by atoms with Gasteiger partial charge in [0.25, 0.3) is 0 Å². The number of aromatic nitrogens is 8. The fourth-order valence-corrected chi connectivity index (χ4v) is 4.15. The zero-order chi connectivity index (χ0) is 22.5. The van der Waals surface area contributed by atoms with Crippen LogP contribution in [0.2, 0.25) is 5.02 Å². The molecule has 0 fully saturated rings. The third kappa shape index (κ3) is 3.33. The van der Waals surface area contributed by atoms with Crippen LogP contribution in [0, 0.1) is 12.7 Å². The number of aromatic amines is 1. The Kier molecular flexibility index (Phi) is 4.44. The van der Waals surface area contributed by atoms with E-state index in [0.29, 0.717) is 16.2 Å². The van der Waals surface area contributed by atoms with Gasteiger partial charge in [-0.15, -0.1) is 5.10 Å². The topological polar surface area (TPSA) is 90.1 Å². The molecular formula is C23H16ClFN8. The zero-order valence-corrected chi connectivity index (χ0v) is 18.1. The van der Waals surface area contributed by atoms with E-state index in [1.807, 2.05) is 36.4 Å². The molecule has 4 heterocycles. The molecule has 8 nitrogen and oxygen atoms in total. The van der Waals surface area contributed by atoms with Gasteiger partial charge in [-0.05, 0) is 55.0 Å². The number of H-pyrrole nitrogens is 1. The molecule has 33 heavy (non-hydrogen) atoms. The normalized spacial score (nSPS) is 11.6. The van der Waals surface area contributed by atoms with Crippen molar-refractivity contribution in [2.75, 3.05) is 0 Å². The van der Waals surface area contributed by atoms with Crippen molar-refractivity contribution < 1.29 is 4.39 Å². The van der Waals surface area contributed by atoms with Crippen molar-refractivity contribution in [2.24, 2.45) is 0 Å². The summed E-state index contributed by atoms with van der Waals surface area (Å²) in [6.45, 7) is 2.00. The molecule has 162 valence electrons. The van der Waals surface area contributed by atoms with E-state index in [2.05, 4.69) is 30.6 Å². The number of halogens is 2. The second-order valence-corrected chi connectivity index (χ2v) is 8.19. The Hall–Kier alpha value is -4.11. The van der Waals surface area contributed by atoms with Crippen molar-refractivity contribution in [1.82, 2.24) is 40.0 Å². The van der Waals surface area contributed by atoms with Crippen molar-refractivity contribution in [1.29, 1.82) is 0 Å². The van der Waals surface area contributed by atoms with Crippen LogP contribution in [0.4, 0.5) is 4.39 Å². The molecule has 0 bridgehead atoms. The number of rotatable bonds is 4. The third-order valence-electron chi connectivity index (χ3n) is 5.54. The monoisotopic (exact) mass is 458 g/mol. The van der Waals surface area contributed by atoms with Crippen LogP contribution >= 0.6 is 11.6 Å². The molecule has 1 N–H and O–H groups in total. The maximum absolute atomic E-state index is 14.4. The molecule has 0 aliphatic carbocycles. The molecule has 0 spiro atoms. The summed E-state index contributed by atoms with van der Waals surface area (Å²) >= 11 is 6.58. The molecule has 0 aliphatic rings. The lowest BCUT2D eigenvalue weighted by Crippen LogP contribution is -2.07. The Labute approximate surface area is 191 Å². The molecule has 6 rings (SSSR count). The number of pyridine rings is 1. The predicted octanol–water partition coefficient (Wildman–Crippen LogP) is 4.70. The predicted molar refractivity (Wildman–Crippen MR) is 123 cm³/mol. The van der Waals surface area contributed by atoms with E-state index in [0.717, 1.165) is 38.9 Å². The Morgan fingerprint density at radius 1 is 1.09 bits per heavy atom. The van der Waals surface area contributed by atoms with Crippen LogP contribution < -0.4 is 0 Å². The van der Waals surface area contributed by atoms with E-state index in [-0.39, 0.29) is 12.4 Å². The summed E-state index contributed by atoms with van der Waals surface area (Å²) in [7, 11) is 0. The fourth-order valence-electron chi connectivity index (χ4n) is 3.90. The average molecular weight is 459 g/mol. The second kappa shape index (κ2) is 7.49. The van der Waals surface area contributed by atoms with E-state index >= 15 is 0 Å². The maximum atomic E-state index is 14.4. The first-order valence-corrected chi connectivity index (χ1v) is 10.6. The summed E-state index contributed by atoms with van der Waals surface area (Å²) < 4.78 is 17.8. The van der Waals surface area contributed by atoms with Crippen molar-refractivity contribution in [3.8, 4) is 16.9 Å². The summed E-state index contributed by atoms with van der Waals surface area (Å²) in [5, 5.41) is 21.5. The number of aryl methyl sites for hydroxylation is 1. The summed E-state index contributed by atoms with van der Waals surface area (Å²) in [5.74, 6) is -0.360. The lowest BCUT2D eigenvalue weighted by atomic mass is 10.1. The van der Waals surface area contributed by atoms with Crippen LogP contribution in [0.3, 0.4) is 0 Å². The highest BCUT2D eigenvalue weighted by Gasteiger charge is 2.16. The van der Waals surface area contributed by atoms with Gasteiger partial charge in [0.1, 0.15) is 11.3 Å². The van der Waals surface area contributed by atoms with Crippen LogP contribution in [0.5, 0.6) is 0 Å². The Bertz CT molecular complexity index is 1650. The van der Waals surface area contributed by atoms with Gasteiger partial charge >= 0.3 is 0 Å². The van der Waals surface area contributed by atoms with Gasteiger partial charge in [-0.1, -0.05) is 16.8 Å². The van der Waals surface area contributed by atoms with Gasteiger partial charge in [0.05, 0.1) is 45.9 Å². The first kappa shape index (κ1) is 19.6. The standard InChI is InChI=1S/C23H16ClFN8/c1-13-6-18(25)20(26-10-13)12-32-21(4-5-28-32)15-7-17(24)23-22(8-15)33(31-30-23)16-3-2-14-11-27-29-19(14)9-16/h2-11H,12H2,1H3,(H,27,29). The Morgan fingerprint density at radius 3 is 2.88 bits per heavy atom. The van der Waals surface area contributed by atoms with Gasteiger partial charge in [0.2, 0.25) is 0 Å². The lowest BCUT2D eigenvalue weighted by molar-refractivity contribution is 0.571. The van der Waals surface area contributed by atoms with Crippen molar-refractivity contribution in [3.05, 3.63) is 83.2 Å². The van der Waals surface area contributed by atoms with Gasteiger partial charge in [-0.3, -0.25) is 14.8 Å². The van der Waals surface area contributed by atoms with Crippen molar-refractivity contribution in [3.63, 3.8) is 0 Å². The van der Waals surface area contributed by atoms with Crippen LogP contribution in [0.25, 0.3) is 38.9 Å². The van der Waals surface area contributed by atoms with Gasteiger partial charge in [-0.2, -0.15) is 10.2 Å². The molecule has 0 aliphatic heterocycles. The maximum Gasteiger partial charge on any atom is 0.146 e. The molecule has 0 saturated carbocycles. The Balaban J connectivity index is 1.45. The summed E-state index contributed by atoms with van der Waals surface area (Å²) in [6.07, 6.45) is 5.08. The van der Waals surface area contributed by atoms with E-state index < -0.39 is 0 Å². The van der Waals surface area contributed by atoms with E-state index in [4.69, 9.17) is 11.6 Å². The molecule has 6 aromatic rings. The highest BCUT2D eigenvalue weighted by molar-refractivity contribution is 6.35. The van der Waals surface area contributed by atoms with Crippen LogP contribution in [0.15, 0.2) is 61.1 Å². The minimum Gasteiger partial charge on any atom is -0.278 e. The SMILES string of the molecule is Cc1cnc(Cn2nccc2-c2cc(Cl)c3nnn(-c4ccc5cn[nH]c5c4)c3c2)c(F)c1. The van der Waals surface area contributed by atoms with E-state index in [9.17, 15) is 4.39 Å². The van der Waals surface area contributed by atoms with Gasteiger partial charge < -0.3 is 0 Å². The summed E-state index contributed by atoms with van der Waals surface area (Å²) in [4.78, 5) is 4.23. The largest absolute Gasteiger partial charge is 0.278 e. The lowest BCUT2D eigenvalue weighted by Gasteiger charge is -2.10. The second-order valence-electron chi connectivity index (χ2n) is 7.78. The molecule has 10 heteroatoms. The van der Waals surface area contributed by atoms with E-state index in [1.165, 1.54) is 6.07 Å². The van der Waals surface area contributed by atoms with Crippen molar-refractivity contribution >= 4 is 33.5 Å². The number of hydrogen-bond donors (Lipinski definition) is 1. The van der Waals surface area contributed by atoms with Crippen LogP contribution in [0.1, 0.15) is 11.3 Å². The first-order valence-electron chi connectivity index (χ1n) is 10.2. The quantitative estimate of drug-likeness (QED) is 0.413. The van der Waals surface area contributed by atoms with Gasteiger partial charge in [0.15, 0.2) is 0 Å². The summed E-state index contributed by atoms with van der Waals surface area (Å²) in [5.41, 5.74) is 5.71. The summed E-state index contributed by atoms with van der Waals surface area (Å²) in [6, 6.07) is 12.9. The molecule has 0 atom stereocenters. The molecule has 0 radical (unpaired) electrons. The fraction of sp³-hybridized carbons (Fsp3) is 0.0870. The Morgan fingerprint density at radius 2 is 2.00 bits per heavy atom. The third-order valence-corrected chi connectivity index (χ3v) is 5.83. The molecule has 0 saturated heterocycles. The number of benzene rings is 2. The smallest absolute Gasteiger partial charge is 0.146 e. The molecule has 0 amide bonds.